The Hall–Kier alpha value is -1.28. The third-order valence-corrected chi connectivity index (χ3v) is 3.61. The van der Waals surface area contributed by atoms with Gasteiger partial charge in [0.15, 0.2) is 0 Å². The van der Waals surface area contributed by atoms with Crippen LogP contribution in [0.5, 0.6) is 0 Å². The highest BCUT2D eigenvalue weighted by atomic mass is 16.3. The topological polar surface area (TPSA) is 25.2 Å². The number of aryl methyl sites for hydroxylation is 1. The number of hydrogen-bond donors (Lipinski definition) is 1. The van der Waals surface area contributed by atoms with Crippen molar-refractivity contribution >= 4 is 11.0 Å². The second-order valence-electron chi connectivity index (χ2n) is 4.67. The number of fused-ring (bicyclic) bond motifs is 1. The van der Waals surface area contributed by atoms with Crippen molar-refractivity contribution in [2.24, 2.45) is 0 Å². The first kappa shape index (κ1) is 9.91. The highest BCUT2D eigenvalue weighted by Crippen LogP contribution is 2.33. The molecule has 1 fully saturated rings. The largest absolute Gasteiger partial charge is 0.464 e. The maximum absolute atomic E-state index is 5.71. The molecular formula is C14H17NO. The SMILES string of the molecule is Cc1cccc2c(C3CCNCC3)coc12. The van der Waals surface area contributed by atoms with Gasteiger partial charge >= 0.3 is 0 Å². The molecule has 0 unspecified atom stereocenters. The summed E-state index contributed by atoms with van der Waals surface area (Å²) in [6, 6.07) is 6.42. The van der Waals surface area contributed by atoms with E-state index in [-0.39, 0.29) is 0 Å². The minimum atomic E-state index is 0.671. The van der Waals surface area contributed by atoms with Gasteiger partial charge in [-0.2, -0.15) is 0 Å². The number of rotatable bonds is 1. The Morgan fingerprint density at radius 2 is 2.06 bits per heavy atom. The van der Waals surface area contributed by atoms with Gasteiger partial charge in [-0.15, -0.1) is 0 Å². The number of piperidine rings is 1. The molecule has 0 saturated carbocycles. The summed E-state index contributed by atoms with van der Waals surface area (Å²) < 4.78 is 5.71. The molecule has 2 aromatic rings. The summed E-state index contributed by atoms with van der Waals surface area (Å²) in [4.78, 5) is 0. The number of benzene rings is 1. The van der Waals surface area contributed by atoms with Crippen LogP contribution in [-0.2, 0) is 0 Å². The van der Waals surface area contributed by atoms with Crippen LogP contribution >= 0.6 is 0 Å². The van der Waals surface area contributed by atoms with Crippen molar-refractivity contribution < 1.29 is 4.42 Å². The van der Waals surface area contributed by atoms with Crippen LogP contribution in [0.3, 0.4) is 0 Å². The van der Waals surface area contributed by atoms with Crippen molar-refractivity contribution in [1.82, 2.24) is 5.32 Å². The lowest BCUT2D eigenvalue weighted by molar-refractivity contribution is 0.457. The second-order valence-corrected chi connectivity index (χ2v) is 4.67. The molecule has 2 nitrogen and oxygen atoms in total. The van der Waals surface area contributed by atoms with Gasteiger partial charge in [0.25, 0.3) is 0 Å². The molecule has 1 aliphatic heterocycles. The quantitative estimate of drug-likeness (QED) is 0.790. The lowest BCUT2D eigenvalue weighted by Gasteiger charge is -2.21. The normalized spacial score (nSPS) is 18.1. The van der Waals surface area contributed by atoms with Crippen molar-refractivity contribution in [3.63, 3.8) is 0 Å². The average Bonchev–Trinajstić information content (AvgIpc) is 2.75. The van der Waals surface area contributed by atoms with Crippen LogP contribution in [0.1, 0.15) is 29.9 Å². The summed E-state index contributed by atoms with van der Waals surface area (Å²) in [5, 5.41) is 4.72. The Kier molecular flexibility index (Phi) is 2.44. The lowest BCUT2D eigenvalue weighted by atomic mass is 9.90. The average molecular weight is 215 g/mol. The molecule has 84 valence electrons. The van der Waals surface area contributed by atoms with Gasteiger partial charge in [0.1, 0.15) is 5.58 Å². The van der Waals surface area contributed by atoms with Gasteiger partial charge < -0.3 is 9.73 Å². The van der Waals surface area contributed by atoms with Crippen LogP contribution in [0.4, 0.5) is 0 Å². The van der Waals surface area contributed by atoms with Gasteiger partial charge in [-0.3, -0.25) is 0 Å². The molecule has 0 bridgehead atoms. The first-order valence-corrected chi connectivity index (χ1v) is 6.03. The second kappa shape index (κ2) is 3.95. The third-order valence-electron chi connectivity index (χ3n) is 3.61. The monoisotopic (exact) mass is 215 g/mol. The number of nitrogens with one attached hydrogen (secondary N) is 1. The fourth-order valence-electron chi connectivity index (χ4n) is 2.67. The predicted octanol–water partition coefficient (Wildman–Crippen LogP) is 3.21. The predicted molar refractivity (Wildman–Crippen MR) is 65.8 cm³/mol. The molecule has 16 heavy (non-hydrogen) atoms. The van der Waals surface area contributed by atoms with E-state index in [0.717, 1.165) is 18.7 Å². The first-order valence-electron chi connectivity index (χ1n) is 6.03. The van der Waals surface area contributed by atoms with Gasteiger partial charge in [-0.25, -0.2) is 0 Å². The van der Waals surface area contributed by atoms with Gasteiger partial charge in [-0.1, -0.05) is 18.2 Å². The minimum absolute atomic E-state index is 0.671. The van der Waals surface area contributed by atoms with Crippen LogP contribution in [0.2, 0.25) is 0 Å². The van der Waals surface area contributed by atoms with Crippen molar-refractivity contribution in [3.05, 3.63) is 35.6 Å². The minimum Gasteiger partial charge on any atom is -0.464 e. The molecule has 1 aromatic carbocycles. The van der Waals surface area contributed by atoms with Gasteiger partial charge in [0, 0.05) is 10.9 Å². The molecule has 0 aliphatic carbocycles. The standard InChI is InChI=1S/C14H17NO/c1-10-3-2-4-12-13(9-16-14(10)12)11-5-7-15-8-6-11/h2-4,9,11,15H,5-8H2,1H3. The lowest BCUT2D eigenvalue weighted by Crippen LogP contribution is -2.26. The van der Waals surface area contributed by atoms with E-state index in [9.17, 15) is 0 Å². The van der Waals surface area contributed by atoms with Gasteiger partial charge in [0.2, 0.25) is 0 Å². The molecule has 0 atom stereocenters. The zero-order chi connectivity index (χ0) is 11.0. The molecular weight excluding hydrogens is 198 g/mol. The molecule has 1 N–H and O–H groups in total. The Balaban J connectivity index is 2.06. The first-order chi connectivity index (χ1) is 7.86. The van der Waals surface area contributed by atoms with Crippen LogP contribution < -0.4 is 5.32 Å². The van der Waals surface area contributed by atoms with E-state index in [1.54, 1.807) is 0 Å². The van der Waals surface area contributed by atoms with Crippen LogP contribution in [0.25, 0.3) is 11.0 Å². The highest BCUT2D eigenvalue weighted by Gasteiger charge is 2.19. The molecule has 2 heteroatoms. The molecule has 3 rings (SSSR count). The zero-order valence-corrected chi connectivity index (χ0v) is 9.62. The van der Waals surface area contributed by atoms with E-state index in [4.69, 9.17) is 4.42 Å². The number of hydrogen-bond acceptors (Lipinski definition) is 2. The van der Waals surface area contributed by atoms with E-state index in [0.29, 0.717) is 5.92 Å². The Bertz CT molecular complexity index is 494. The Labute approximate surface area is 95.6 Å². The molecule has 1 aliphatic rings. The molecule has 0 spiro atoms. The smallest absolute Gasteiger partial charge is 0.137 e. The Morgan fingerprint density at radius 1 is 1.25 bits per heavy atom. The summed E-state index contributed by atoms with van der Waals surface area (Å²) in [6.45, 7) is 4.37. The molecule has 0 radical (unpaired) electrons. The van der Waals surface area contributed by atoms with Gasteiger partial charge in [-0.05, 0) is 44.3 Å². The maximum Gasteiger partial charge on any atom is 0.137 e. The summed E-state index contributed by atoms with van der Waals surface area (Å²) in [6.07, 6.45) is 4.42. The van der Waals surface area contributed by atoms with Gasteiger partial charge in [0.05, 0.1) is 6.26 Å². The van der Waals surface area contributed by atoms with E-state index < -0.39 is 0 Å². The van der Waals surface area contributed by atoms with E-state index in [1.165, 1.54) is 29.4 Å². The van der Waals surface area contributed by atoms with Crippen molar-refractivity contribution in [3.8, 4) is 0 Å². The van der Waals surface area contributed by atoms with E-state index in [2.05, 4.69) is 30.4 Å². The zero-order valence-electron chi connectivity index (χ0n) is 9.62. The molecule has 2 heterocycles. The summed E-state index contributed by atoms with van der Waals surface area (Å²) in [5.41, 5.74) is 3.70. The maximum atomic E-state index is 5.71. The molecule has 0 amide bonds. The van der Waals surface area contributed by atoms with E-state index >= 15 is 0 Å². The number of furan rings is 1. The van der Waals surface area contributed by atoms with Crippen LogP contribution in [-0.4, -0.2) is 13.1 Å². The van der Waals surface area contributed by atoms with E-state index in [1.807, 2.05) is 6.26 Å². The highest BCUT2D eigenvalue weighted by molar-refractivity contribution is 5.84. The van der Waals surface area contributed by atoms with Crippen LogP contribution in [0, 0.1) is 6.92 Å². The fourth-order valence-corrected chi connectivity index (χ4v) is 2.67. The molecule has 1 aromatic heterocycles. The third kappa shape index (κ3) is 1.54. The summed E-state index contributed by atoms with van der Waals surface area (Å²) in [7, 11) is 0. The summed E-state index contributed by atoms with van der Waals surface area (Å²) in [5.74, 6) is 0.671. The summed E-state index contributed by atoms with van der Waals surface area (Å²) >= 11 is 0. The number of para-hydroxylation sites is 1. The Morgan fingerprint density at radius 3 is 2.88 bits per heavy atom. The fraction of sp³-hybridized carbons (Fsp3) is 0.429. The van der Waals surface area contributed by atoms with Crippen molar-refractivity contribution in [2.75, 3.05) is 13.1 Å². The van der Waals surface area contributed by atoms with Crippen molar-refractivity contribution in [1.29, 1.82) is 0 Å². The van der Waals surface area contributed by atoms with Crippen molar-refractivity contribution in [2.45, 2.75) is 25.7 Å². The van der Waals surface area contributed by atoms with Crippen LogP contribution in [0.15, 0.2) is 28.9 Å². The molecule has 1 saturated heterocycles.